The fourth-order valence-electron chi connectivity index (χ4n) is 2.45. The van der Waals surface area contributed by atoms with E-state index in [2.05, 4.69) is 0 Å². The van der Waals surface area contributed by atoms with Gasteiger partial charge in [-0.3, -0.25) is 0 Å². The minimum atomic E-state index is -0.128. The summed E-state index contributed by atoms with van der Waals surface area (Å²) in [6.07, 6.45) is 0. The molecule has 3 rings (SSSR count). The van der Waals surface area contributed by atoms with Gasteiger partial charge in [0.1, 0.15) is 28.7 Å². The van der Waals surface area contributed by atoms with E-state index in [1.54, 1.807) is 6.07 Å². The van der Waals surface area contributed by atoms with Crippen molar-refractivity contribution in [3.63, 3.8) is 0 Å². The number of benzene rings is 3. The van der Waals surface area contributed by atoms with E-state index in [0.29, 0.717) is 22.3 Å². The predicted octanol–water partition coefficient (Wildman–Crippen LogP) is 3.55. The highest BCUT2D eigenvalue weighted by Gasteiger charge is 2.11. The van der Waals surface area contributed by atoms with Gasteiger partial charge in [-0.15, -0.1) is 0 Å². The third-order valence-corrected chi connectivity index (χ3v) is 3.50. The summed E-state index contributed by atoms with van der Waals surface area (Å²) in [5, 5.41) is 48.6. The van der Waals surface area contributed by atoms with Gasteiger partial charge < -0.3 is 25.5 Å². The van der Waals surface area contributed by atoms with Crippen LogP contribution in [0.2, 0.25) is 0 Å². The van der Waals surface area contributed by atoms with Crippen molar-refractivity contribution in [1.29, 1.82) is 0 Å². The Morgan fingerprint density at radius 2 is 0.870 bits per heavy atom. The average Bonchev–Trinajstić information content (AvgIpc) is 2.46. The fourth-order valence-corrected chi connectivity index (χ4v) is 2.45. The highest BCUT2D eigenvalue weighted by Crippen LogP contribution is 2.39. The van der Waals surface area contributed by atoms with E-state index in [0.717, 1.165) is 0 Å². The van der Waals surface area contributed by atoms with Gasteiger partial charge in [0, 0.05) is 23.3 Å². The van der Waals surface area contributed by atoms with Crippen molar-refractivity contribution in [3.8, 4) is 51.0 Å². The molecule has 0 bridgehead atoms. The zero-order chi connectivity index (χ0) is 16.6. The topological polar surface area (TPSA) is 101 Å². The van der Waals surface area contributed by atoms with Gasteiger partial charge in [0.05, 0.1) is 0 Å². The highest BCUT2D eigenvalue weighted by atomic mass is 16.3. The molecule has 0 saturated heterocycles. The Hall–Kier alpha value is -3.34. The third kappa shape index (κ3) is 2.85. The first-order chi connectivity index (χ1) is 10.9. The average molecular weight is 310 g/mol. The van der Waals surface area contributed by atoms with Crippen LogP contribution in [0.1, 0.15) is 0 Å². The van der Waals surface area contributed by atoms with Crippen LogP contribution in [0.15, 0.2) is 54.6 Å². The lowest BCUT2D eigenvalue weighted by atomic mass is 9.97. The molecule has 0 saturated carbocycles. The first-order valence-corrected chi connectivity index (χ1v) is 6.83. The van der Waals surface area contributed by atoms with Crippen molar-refractivity contribution < 1.29 is 25.5 Å². The number of phenolic OH excluding ortho intramolecular Hbond substituents is 5. The van der Waals surface area contributed by atoms with Gasteiger partial charge in [0.2, 0.25) is 0 Å². The summed E-state index contributed by atoms with van der Waals surface area (Å²) in [7, 11) is 0. The molecular weight excluding hydrogens is 296 g/mol. The number of aromatic hydroxyl groups is 5. The molecule has 23 heavy (non-hydrogen) atoms. The molecule has 0 aliphatic rings. The van der Waals surface area contributed by atoms with E-state index in [1.165, 1.54) is 48.5 Å². The van der Waals surface area contributed by atoms with Gasteiger partial charge >= 0.3 is 0 Å². The van der Waals surface area contributed by atoms with Crippen LogP contribution in [0, 0.1) is 0 Å². The maximum Gasteiger partial charge on any atom is 0.127 e. The van der Waals surface area contributed by atoms with E-state index in [1.807, 2.05) is 0 Å². The Bertz CT molecular complexity index is 817. The minimum Gasteiger partial charge on any atom is -0.508 e. The molecule has 0 heterocycles. The van der Waals surface area contributed by atoms with Crippen molar-refractivity contribution in [1.82, 2.24) is 0 Å². The second-order valence-corrected chi connectivity index (χ2v) is 5.17. The number of phenols is 5. The van der Waals surface area contributed by atoms with Gasteiger partial charge in [0.15, 0.2) is 0 Å². The molecule has 0 radical (unpaired) electrons. The molecule has 0 fully saturated rings. The van der Waals surface area contributed by atoms with E-state index >= 15 is 0 Å². The normalized spacial score (nSPS) is 10.6. The van der Waals surface area contributed by atoms with Crippen LogP contribution in [0.5, 0.6) is 28.7 Å². The lowest BCUT2D eigenvalue weighted by Crippen LogP contribution is -1.84. The molecule has 0 spiro atoms. The zero-order valence-electron chi connectivity index (χ0n) is 11.9. The molecule has 0 atom stereocenters. The lowest BCUT2D eigenvalue weighted by molar-refractivity contribution is 0.451. The van der Waals surface area contributed by atoms with Gasteiger partial charge in [-0.25, -0.2) is 0 Å². The summed E-state index contributed by atoms with van der Waals surface area (Å²) in [5.41, 5.74) is 1.89. The number of hydrogen-bond donors (Lipinski definition) is 5. The van der Waals surface area contributed by atoms with Crippen LogP contribution in [0.3, 0.4) is 0 Å². The molecule has 0 unspecified atom stereocenters. The molecule has 0 amide bonds. The largest absolute Gasteiger partial charge is 0.508 e. The molecule has 0 aliphatic carbocycles. The number of hydrogen-bond acceptors (Lipinski definition) is 5. The third-order valence-electron chi connectivity index (χ3n) is 3.50. The van der Waals surface area contributed by atoms with Crippen LogP contribution >= 0.6 is 0 Å². The van der Waals surface area contributed by atoms with Gasteiger partial charge in [-0.2, -0.15) is 0 Å². The van der Waals surface area contributed by atoms with Crippen molar-refractivity contribution in [3.05, 3.63) is 54.6 Å². The molecule has 3 aromatic rings. The Kier molecular flexibility index (Phi) is 3.46. The fraction of sp³-hybridized carbons (Fsp3) is 0. The highest BCUT2D eigenvalue weighted by molar-refractivity contribution is 5.80. The monoisotopic (exact) mass is 310 g/mol. The molecule has 0 aromatic heterocycles. The quantitative estimate of drug-likeness (QED) is 0.498. The molecule has 0 aliphatic heterocycles. The molecule has 5 nitrogen and oxygen atoms in total. The van der Waals surface area contributed by atoms with Crippen LogP contribution in [0.25, 0.3) is 22.3 Å². The van der Waals surface area contributed by atoms with Crippen LogP contribution < -0.4 is 0 Å². The zero-order valence-corrected chi connectivity index (χ0v) is 11.9. The predicted molar refractivity (Wildman–Crippen MR) is 85.6 cm³/mol. The van der Waals surface area contributed by atoms with Crippen LogP contribution in [-0.4, -0.2) is 25.5 Å². The van der Waals surface area contributed by atoms with E-state index < -0.39 is 0 Å². The first kappa shape index (κ1) is 14.6. The lowest BCUT2D eigenvalue weighted by Gasteiger charge is -2.10. The summed E-state index contributed by atoms with van der Waals surface area (Å²) in [6.45, 7) is 0. The standard InChI is InChI=1S/C18H14O5/c19-12-1-3-15(17(22)8-12)10-5-11(7-14(21)6-10)16-4-2-13(20)9-18(16)23/h1-9,19-23H. The Morgan fingerprint density at radius 1 is 0.435 bits per heavy atom. The van der Waals surface area contributed by atoms with Crippen LogP contribution in [0.4, 0.5) is 0 Å². The van der Waals surface area contributed by atoms with E-state index in [-0.39, 0.29) is 28.7 Å². The maximum absolute atomic E-state index is 9.96. The van der Waals surface area contributed by atoms with Crippen molar-refractivity contribution in [2.24, 2.45) is 0 Å². The van der Waals surface area contributed by atoms with E-state index in [9.17, 15) is 25.5 Å². The molecule has 3 aromatic carbocycles. The van der Waals surface area contributed by atoms with Gasteiger partial charge in [0.25, 0.3) is 0 Å². The molecular formula is C18H14O5. The number of rotatable bonds is 2. The Balaban J connectivity index is 2.16. The summed E-state index contributed by atoms with van der Waals surface area (Å²) in [5.74, 6) is -0.434. The minimum absolute atomic E-state index is 0.0440. The SMILES string of the molecule is Oc1cc(-c2ccc(O)cc2O)cc(-c2ccc(O)cc2O)c1. The second-order valence-electron chi connectivity index (χ2n) is 5.17. The summed E-state index contributed by atoms with van der Waals surface area (Å²) < 4.78 is 0. The van der Waals surface area contributed by atoms with Crippen molar-refractivity contribution >= 4 is 0 Å². The summed E-state index contributed by atoms with van der Waals surface area (Å²) in [6, 6.07) is 12.9. The van der Waals surface area contributed by atoms with Crippen molar-refractivity contribution in [2.45, 2.75) is 0 Å². The summed E-state index contributed by atoms with van der Waals surface area (Å²) >= 11 is 0. The first-order valence-electron chi connectivity index (χ1n) is 6.83. The molecule has 5 heteroatoms. The molecule has 5 N–H and O–H groups in total. The van der Waals surface area contributed by atoms with E-state index in [4.69, 9.17) is 0 Å². The van der Waals surface area contributed by atoms with Gasteiger partial charge in [-0.05, 0) is 53.6 Å². The summed E-state index contributed by atoms with van der Waals surface area (Å²) in [4.78, 5) is 0. The maximum atomic E-state index is 9.96. The second kappa shape index (κ2) is 5.46. The Labute approximate surface area is 132 Å². The van der Waals surface area contributed by atoms with Crippen molar-refractivity contribution in [2.75, 3.05) is 0 Å². The molecule has 116 valence electrons. The smallest absolute Gasteiger partial charge is 0.127 e. The Morgan fingerprint density at radius 3 is 1.26 bits per heavy atom. The van der Waals surface area contributed by atoms with Gasteiger partial charge in [-0.1, -0.05) is 0 Å². The van der Waals surface area contributed by atoms with Crippen LogP contribution in [-0.2, 0) is 0 Å².